The molecule has 0 aliphatic heterocycles. The average Bonchev–Trinajstić information content (AvgIpc) is 3.99. The van der Waals surface area contributed by atoms with Crippen molar-refractivity contribution in [3.05, 3.63) is 88.0 Å². The first kappa shape index (κ1) is 42.5. The van der Waals surface area contributed by atoms with E-state index >= 15 is 0 Å². The van der Waals surface area contributed by atoms with Gasteiger partial charge in [0.1, 0.15) is 28.9 Å². The molecule has 0 radical (unpaired) electrons. The molecule has 314 valence electrons. The zero-order valence-electron chi connectivity index (χ0n) is 34.2. The van der Waals surface area contributed by atoms with Crippen LogP contribution < -0.4 is 26.8 Å². The molecule has 19 heteroatoms. The number of amides is 4. The predicted molar refractivity (Wildman–Crippen MR) is 223 cm³/mol. The second-order valence-corrected chi connectivity index (χ2v) is 13.9. The topological polar surface area (TPSA) is 251 Å². The fourth-order valence-corrected chi connectivity index (χ4v) is 6.95. The van der Waals surface area contributed by atoms with Gasteiger partial charge in [-0.1, -0.05) is 12.2 Å². The van der Waals surface area contributed by atoms with Crippen LogP contribution in [0, 0.1) is 13.8 Å². The Morgan fingerprint density at radius 1 is 0.733 bits per heavy atom. The number of imidazole rings is 2. The first-order valence-electron chi connectivity index (χ1n) is 19.5. The number of nitrogens with two attached hydrogens (primary N) is 2. The fraction of sp³-hybridized carbons (Fsp3) is 0.341. The van der Waals surface area contributed by atoms with Crippen LogP contribution in [0.1, 0.15) is 85.3 Å². The summed E-state index contributed by atoms with van der Waals surface area (Å²) in [6.07, 6.45) is 5.47. The molecular weight excluding hydrogens is 773 g/mol. The molecule has 0 bridgehead atoms. The van der Waals surface area contributed by atoms with Crippen molar-refractivity contribution >= 4 is 63.9 Å². The minimum absolute atomic E-state index is 0.148. The van der Waals surface area contributed by atoms with Gasteiger partial charge in [-0.05, 0) is 76.1 Å². The predicted octanol–water partition coefficient (Wildman–Crippen LogP) is 3.94. The molecule has 6 N–H and O–H groups in total. The molecule has 60 heavy (non-hydrogen) atoms. The first-order chi connectivity index (χ1) is 28.9. The summed E-state index contributed by atoms with van der Waals surface area (Å²) in [5.74, 6) is -1.55. The summed E-state index contributed by atoms with van der Waals surface area (Å²) >= 11 is 0. The van der Waals surface area contributed by atoms with Gasteiger partial charge >= 0.3 is 0 Å². The highest BCUT2D eigenvalue weighted by Gasteiger charge is 2.23. The maximum absolute atomic E-state index is 13.7. The third-order valence-corrected chi connectivity index (χ3v) is 9.64. The molecule has 0 spiro atoms. The average molecular weight is 821 g/mol. The van der Waals surface area contributed by atoms with Crippen LogP contribution in [-0.4, -0.2) is 88.9 Å². The molecule has 6 aromatic rings. The van der Waals surface area contributed by atoms with Crippen molar-refractivity contribution in [3.63, 3.8) is 0 Å². The fourth-order valence-electron chi connectivity index (χ4n) is 6.95. The number of rotatable bonds is 20. The smallest absolute Gasteiger partial charge is 0.276 e. The van der Waals surface area contributed by atoms with Crippen LogP contribution in [0.4, 0.5) is 11.9 Å². The van der Waals surface area contributed by atoms with Crippen LogP contribution in [-0.2, 0) is 42.1 Å². The van der Waals surface area contributed by atoms with Crippen molar-refractivity contribution in [3.8, 4) is 5.75 Å². The van der Waals surface area contributed by atoms with E-state index in [0.717, 1.165) is 6.29 Å². The van der Waals surface area contributed by atoms with Crippen LogP contribution in [0.5, 0.6) is 5.75 Å². The zero-order valence-corrected chi connectivity index (χ0v) is 34.2. The Hall–Kier alpha value is -7.15. The lowest BCUT2D eigenvalue weighted by molar-refractivity contribution is -0.107. The number of carbonyl (C=O) groups is 5. The summed E-state index contributed by atoms with van der Waals surface area (Å²) in [5, 5.41) is 14.6. The van der Waals surface area contributed by atoms with Crippen LogP contribution in [0.2, 0.25) is 0 Å². The second-order valence-electron chi connectivity index (χ2n) is 13.9. The largest absolute Gasteiger partial charge is 0.491 e. The number of fused-ring (bicyclic) bond motifs is 2. The highest BCUT2D eigenvalue weighted by molar-refractivity contribution is 6.05. The van der Waals surface area contributed by atoms with E-state index in [1.54, 1.807) is 69.8 Å². The van der Waals surface area contributed by atoms with E-state index in [1.165, 1.54) is 6.07 Å². The lowest BCUT2D eigenvalue weighted by Gasteiger charge is -2.13. The number of carbonyl (C=O) groups excluding carboxylic acids is 5. The second kappa shape index (κ2) is 18.6. The lowest BCUT2D eigenvalue weighted by Crippen LogP contribution is -2.20. The summed E-state index contributed by atoms with van der Waals surface area (Å²) < 4.78 is 18.1. The first-order valence-corrected chi connectivity index (χ1v) is 19.5. The van der Waals surface area contributed by atoms with Crippen molar-refractivity contribution in [2.24, 2.45) is 11.5 Å². The van der Waals surface area contributed by atoms with Gasteiger partial charge in [-0.25, -0.2) is 9.97 Å². The number of benzene rings is 2. The maximum Gasteiger partial charge on any atom is 0.276 e. The van der Waals surface area contributed by atoms with Gasteiger partial charge in [0.15, 0.2) is 0 Å². The number of nitrogens with one attached hydrogen (secondary N) is 2. The molecule has 4 aromatic heterocycles. The zero-order chi connectivity index (χ0) is 43.1. The van der Waals surface area contributed by atoms with Crippen LogP contribution in [0.25, 0.3) is 22.1 Å². The number of aldehydes is 1. The van der Waals surface area contributed by atoms with Gasteiger partial charge in [0.05, 0.1) is 34.5 Å². The highest BCUT2D eigenvalue weighted by Crippen LogP contribution is 2.32. The number of methoxy groups -OCH3 is 1. The molecule has 4 amide bonds. The summed E-state index contributed by atoms with van der Waals surface area (Å²) in [4.78, 5) is 73.1. The molecule has 0 aliphatic rings. The SMILES string of the molecule is CCn1nc(C)cc1C(=O)Nc1nc2cc(C(N)=O)cc(CCC=O)c2n1C/C=C/Cn1c(NC(=O)c2cc(C)nn2CC)nc2cc(C(N)=O)cc(OCCCOC)c21. The van der Waals surface area contributed by atoms with Gasteiger partial charge in [-0.2, -0.15) is 10.2 Å². The number of aryl methyl sites for hydroxylation is 5. The number of hydrogen-bond acceptors (Lipinski definition) is 11. The van der Waals surface area contributed by atoms with E-state index in [0.29, 0.717) is 82.3 Å². The maximum atomic E-state index is 13.7. The third kappa shape index (κ3) is 9.10. The van der Waals surface area contributed by atoms with E-state index in [1.807, 2.05) is 26.0 Å². The Balaban J connectivity index is 1.43. The third-order valence-electron chi connectivity index (χ3n) is 9.64. The minimum atomic E-state index is -0.679. The van der Waals surface area contributed by atoms with E-state index in [4.69, 9.17) is 30.9 Å². The molecule has 0 fully saturated rings. The number of hydrogen-bond donors (Lipinski definition) is 4. The van der Waals surface area contributed by atoms with Gasteiger partial charge in [-0.15, -0.1) is 0 Å². The molecule has 4 heterocycles. The van der Waals surface area contributed by atoms with E-state index in [9.17, 15) is 24.0 Å². The number of anilines is 2. The van der Waals surface area contributed by atoms with E-state index < -0.39 is 23.6 Å². The van der Waals surface area contributed by atoms with E-state index in [2.05, 4.69) is 20.8 Å². The van der Waals surface area contributed by atoms with E-state index in [-0.39, 0.29) is 55.6 Å². The number of ether oxygens (including phenoxy) is 2. The highest BCUT2D eigenvalue weighted by atomic mass is 16.5. The van der Waals surface area contributed by atoms with Crippen molar-refractivity contribution in [1.29, 1.82) is 0 Å². The van der Waals surface area contributed by atoms with Crippen LogP contribution >= 0.6 is 0 Å². The van der Waals surface area contributed by atoms with Crippen molar-refractivity contribution in [2.75, 3.05) is 31.0 Å². The Labute approximate surface area is 344 Å². The Kier molecular flexibility index (Phi) is 13.2. The molecule has 0 unspecified atom stereocenters. The summed E-state index contributed by atoms with van der Waals surface area (Å²) in [5.41, 5.74) is 16.2. The summed E-state index contributed by atoms with van der Waals surface area (Å²) in [7, 11) is 1.59. The monoisotopic (exact) mass is 820 g/mol. The summed E-state index contributed by atoms with van der Waals surface area (Å²) in [6.45, 7) is 9.29. The van der Waals surface area contributed by atoms with Crippen LogP contribution in [0.15, 0.2) is 48.6 Å². The molecule has 6 rings (SSSR count). The standard InChI is InChI=1S/C41H48N12O7/c1-6-52-31(18-24(3)48-52)38(57)46-40-44-29-21-27(36(42)55)20-26(12-10-15-54)34(29)50(40)13-8-9-14-51-35-30(22-28(37(43)56)23-33(35)60-17-11-16-59-5)45-41(51)47-39(58)32-19-25(4)49-53(32)7-2/h8-9,15,18-23H,6-7,10-14,16-17H2,1-5H3,(H2,42,55)(H2,43,56)(H,44,46,57)(H,45,47,58)/b9-8+. The van der Waals surface area contributed by atoms with Gasteiger partial charge in [0.25, 0.3) is 11.8 Å². The van der Waals surface area contributed by atoms with Gasteiger partial charge < -0.3 is 34.9 Å². The number of nitrogens with zero attached hydrogens (tertiary/aromatic N) is 8. The molecule has 0 aliphatic carbocycles. The van der Waals surface area contributed by atoms with Crippen molar-refractivity contribution in [2.45, 2.75) is 73.1 Å². The Morgan fingerprint density at radius 3 is 1.75 bits per heavy atom. The minimum Gasteiger partial charge on any atom is -0.491 e. The molecule has 2 aromatic carbocycles. The lowest BCUT2D eigenvalue weighted by atomic mass is 10.0. The molecule has 19 nitrogen and oxygen atoms in total. The van der Waals surface area contributed by atoms with Gasteiger partial charge in [-0.3, -0.25) is 39.2 Å². The molecule has 0 atom stereocenters. The quantitative estimate of drug-likeness (QED) is 0.0488. The Bertz CT molecular complexity index is 2630. The summed E-state index contributed by atoms with van der Waals surface area (Å²) in [6, 6.07) is 9.61. The van der Waals surface area contributed by atoms with Crippen LogP contribution in [0.3, 0.4) is 0 Å². The molecular formula is C41H48N12O7. The number of allylic oxidation sites excluding steroid dienone is 2. The normalized spacial score (nSPS) is 11.5. The van der Waals surface area contributed by atoms with Crippen molar-refractivity contribution in [1.82, 2.24) is 38.7 Å². The number of primary amides is 2. The van der Waals surface area contributed by atoms with Crippen molar-refractivity contribution < 1.29 is 33.4 Å². The molecule has 0 saturated carbocycles. The van der Waals surface area contributed by atoms with Gasteiger partial charge in [0, 0.05) is 63.9 Å². The molecule has 0 saturated heterocycles. The Morgan fingerprint density at radius 2 is 1.25 bits per heavy atom. The van der Waals surface area contributed by atoms with Gasteiger partial charge in [0.2, 0.25) is 23.7 Å². The number of aromatic nitrogens is 8.